The fourth-order valence-electron chi connectivity index (χ4n) is 7.84. The minimum absolute atomic E-state index is 0.159. The molecule has 5 saturated carbocycles. The normalized spacial score (nSPS) is 40.6. The highest BCUT2D eigenvalue weighted by Gasteiger charge is 2.57. The quantitative estimate of drug-likeness (QED) is 0.797. The number of carbonyl (C=O) groups is 1. The van der Waals surface area contributed by atoms with E-state index in [1.54, 1.807) is 0 Å². The molecular formula is C24H34N4O2. The van der Waals surface area contributed by atoms with E-state index in [0.29, 0.717) is 42.7 Å². The average Bonchev–Trinajstić information content (AvgIpc) is 3.25. The van der Waals surface area contributed by atoms with Gasteiger partial charge in [-0.1, -0.05) is 12.8 Å². The van der Waals surface area contributed by atoms with E-state index in [-0.39, 0.29) is 11.9 Å². The van der Waals surface area contributed by atoms with Crippen LogP contribution in [0.2, 0.25) is 0 Å². The lowest BCUT2D eigenvalue weighted by Gasteiger charge is -2.61. The number of nitrogens with zero attached hydrogens (tertiary/aromatic N) is 3. The molecule has 6 heteroatoms. The van der Waals surface area contributed by atoms with Crippen molar-refractivity contribution in [2.24, 2.45) is 17.8 Å². The third kappa shape index (κ3) is 3.22. The number of amides is 1. The maximum atomic E-state index is 11.9. The molecule has 0 aromatic carbocycles. The summed E-state index contributed by atoms with van der Waals surface area (Å²) < 4.78 is 0. The highest BCUT2D eigenvalue weighted by Crippen LogP contribution is 2.57. The van der Waals surface area contributed by atoms with Gasteiger partial charge in [0.15, 0.2) is 0 Å². The molecule has 1 saturated heterocycles. The van der Waals surface area contributed by atoms with E-state index in [1.807, 2.05) is 6.20 Å². The summed E-state index contributed by atoms with van der Waals surface area (Å²) in [5, 5.41) is 14.2. The SMILES string of the molecule is O=C1CC[C@@H](N(c2nccc(C3CCCC3)n2)C2C3CC4CC2CC(O)(C4)C3)CN1. The van der Waals surface area contributed by atoms with E-state index >= 15 is 0 Å². The van der Waals surface area contributed by atoms with Crippen LogP contribution in [0.25, 0.3) is 0 Å². The van der Waals surface area contributed by atoms with Gasteiger partial charge in [0.1, 0.15) is 0 Å². The Kier molecular flexibility index (Phi) is 4.55. The summed E-state index contributed by atoms with van der Waals surface area (Å²) in [5.41, 5.74) is 0.760. The monoisotopic (exact) mass is 410 g/mol. The Bertz CT molecular complexity index is 797. The molecule has 1 aliphatic heterocycles. The van der Waals surface area contributed by atoms with Gasteiger partial charge >= 0.3 is 0 Å². The molecule has 6 fully saturated rings. The van der Waals surface area contributed by atoms with Crippen LogP contribution < -0.4 is 10.2 Å². The number of hydrogen-bond donors (Lipinski definition) is 2. The zero-order valence-electron chi connectivity index (χ0n) is 17.8. The predicted octanol–water partition coefficient (Wildman–Crippen LogP) is 3.16. The molecule has 30 heavy (non-hydrogen) atoms. The first kappa shape index (κ1) is 19.0. The summed E-state index contributed by atoms with van der Waals surface area (Å²) in [7, 11) is 0. The van der Waals surface area contributed by atoms with Crippen molar-refractivity contribution in [3.8, 4) is 0 Å². The minimum atomic E-state index is -0.438. The lowest BCUT2D eigenvalue weighted by molar-refractivity contribution is -0.135. The second kappa shape index (κ2) is 7.18. The Morgan fingerprint density at radius 2 is 1.87 bits per heavy atom. The van der Waals surface area contributed by atoms with Crippen molar-refractivity contribution in [2.75, 3.05) is 11.4 Å². The van der Waals surface area contributed by atoms with Crippen molar-refractivity contribution in [3.63, 3.8) is 0 Å². The highest BCUT2D eigenvalue weighted by atomic mass is 16.3. The largest absolute Gasteiger partial charge is 0.390 e. The van der Waals surface area contributed by atoms with Crippen molar-refractivity contribution < 1.29 is 9.90 Å². The predicted molar refractivity (Wildman–Crippen MR) is 114 cm³/mol. The van der Waals surface area contributed by atoms with Crippen LogP contribution in [0.3, 0.4) is 0 Å². The van der Waals surface area contributed by atoms with Gasteiger partial charge in [0, 0.05) is 36.8 Å². The Balaban J connectivity index is 1.36. The molecule has 6 nitrogen and oxygen atoms in total. The van der Waals surface area contributed by atoms with E-state index < -0.39 is 5.60 Å². The molecular weight excluding hydrogens is 376 g/mol. The molecule has 5 aliphatic carbocycles. The van der Waals surface area contributed by atoms with E-state index in [0.717, 1.165) is 31.6 Å². The molecule has 6 aliphatic rings. The highest BCUT2D eigenvalue weighted by molar-refractivity contribution is 5.77. The van der Waals surface area contributed by atoms with Gasteiger partial charge in [-0.15, -0.1) is 0 Å². The Morgan fingerprint density at radius 1 is 1.10 bits per heavy atom. The van der Waals surface area contributed by atoms with Gasteiger partial charge in [-0.25, -0.2) is 9.97 Å². The topological polar surface area (TPSA) is 78.4 Å². The molecule has 7 rings (SSSR count). The lowest BCUT2D eigenvalue weighted by Crippen LogP contribution is -2.65. The molecule has 2 N–H and O–H groups in total. The zero-order valence-corrected chi connectivity index (χ0v) is 17.8. The molecule has 1 aromatic heterocycles. The summed E-state index contributed by atoms with van der Waals surface area (Å²) in [6, 6.07) is 2.75. The number of carbonyl (C=O) groups excluding carboxylic acids is 1. The summed E-state index contributed by atoms with van der Waals surface area (Å²) >= 11 is 0. The fourth-order valence-corrected chi connectivity index (χ4v) is 7.84. The van der Waals surface area contributed by atoms with Gasteiger partial charge in [-0.3, -0.25) is 4.79 Å². The average molecular weight is 411 g/mol. The molecule has 2 unspecified atom stereocenters. The Labute approximate surface area is 178 Å². The van der Waals surface area contributed by atoms with Gasteiger partial charge < -0.3 is 15.3 Å². The zero-order chi connectivity index (χ0) is 20.3. The summed E-state index contributed by atoms with van der Waals surface area (Å²) in [6.07, 6.45) is 13.8. The van der Waals surface area contributed by atoms with Crippen molar-refractivity contribution in [1.82, 2.24) is 15.3 Å². The van der Waals surface area contributed by atoms with Crippen molar-refractivity contribution in [2.45, 2.75) is 94.2 Å². The minimum Gasteiger partial charge on any atom is -0.390 e. The first-order chi connectivity index (χ1) is 14.6. The van der Waals surface area contributed by atoms with Crippen LogP contribution in [0.1, 0.15) is 82.2 Å². The molecule has 162 valence electrons. The van der Waals surface area contributed by atoms with Crippen LogP contribution in [0.15, 0.2) is 12.3 Å². The molecule has 2 heterocycles. The number of aromatic nitrogens is 2. The third-order valence-corrected chi connectivity index (χ3v) is 8.81. The fraction of sp³-hybridized carbons (Fsp3) is 0.792. The van der Waals surface area contributed by atoms with Gasteiger partial charge in [0.25, 0.3) is 0 Å². The van der Waals surface area contributed by atoms with Crippen LogP contribution in [-0.2, 0) is 4.79 Å². The Morgan fingerprint density at radius 3 is 2.53 bits per heavy atom. The number of nitrogens with one attached hydrogen (secondary N) is 1. The van der Waals surface area contributed by atoms with E-state index in [1.165, 1.54) is 44.2 Å². The summed E-state index contributed by atoms with van der Waals surface area (Å²) in [5.74, 6) is 3.30. The first-order valence-electron chi connectivity index (χ1n) is 12.2. The molecule has 0 spiro atoms. The van der Waals surface area contributed by atoms with Crippen LogP contribution in [0.5, 0.6) is 0 Å². The number of aliphatic hydroxyl groups is 1. The molecule has 1 amide bonds. The van der Waals surface area contributed by atoms with Crippen LogP contribution in [0, 0.1) is 17.8 Å². The number of piperidine rings is 1. The molecule has 4 bridgehead atoms. The first-order valence-corrected chi connectivity index (χ1v) is 12.2. The standard InChI is InChI=1S/C24H34N4O2/c29-21-6-5-19(14-26-21)28(23-25-8-7-20(27-23)16-3-1-2-4-16)22-17-9-15-10-18(22)13-24(30,11-15)12-17/h7-8,15-19,22,30H,1-6,9-14H2,(H,26,29)/t15?,17?,18?,19-,22?,24?/m1/s1. The number of hydrogen-bond acceptors (Lipinski definition) is 5. The van der Waals surface area contributed by atoms with Gasteiger partial charge in [-0.05, 0) is 75.2 Å². The number of rotatable bonds is 4. The third-order valence-electron chi connectivity index (χ3n) is 8.81. The smallest absolute Gasteiger partial charge is 0.226 e. The van der Waals surface area contributed by atoms with Crippen molar-refractivity contribution in [3.05, 3.63) is 18.0 Å². The second-order valence-corrected chi connectivity index (χ2v) is 10.9. The van der Waals surface area contributed by atoms with E-state index in [9.17, 15) is 9.90 Å². The van der Waals surface area contributed by atoms with Crippen LogP contribution in [0.4, 0.5) is 5.95 Å². The maximum absolute atomic E-state index is 11.9. The van der Waals surface area contributed by atoms with Crippen LogP contribution >= 0.6 is 0 Å². The van der Waals surface area contributed by atoms with Crippen molar-refractivity contribution >= 4 is 11.9 Å². The maximum Gasteiger partial charge on any atom is 0.226 e. The molecule has 3 atom stereocenters. The molecule has 0 radical (unpaired) electrons. The van der Waals surface area contributed by atoms with Gasteiger partial charge in [0.2, 0.25) is 11.9 Å². The van der Waals surface area contributed by atoms with Crippen molar-refractivity contribution in [1.29, 1.82) is 0 Å². The van der Waals surface area contributed by atoms with Gasteiger partial charge in [0.05, 0.1) is 11.6 Å². The molecule has 1 aromatic rings. The number of anilines is 1. The van der Waals surface area contributed by atoms with Crippen LogP contribution in [-0.4, -0.2) is 45.2 Å². The Hall–Kier alpha value is -1.69. The van der Waals surface area contributed by atoms with E-state index in [4.69, 9.17) is 9.97 Å². The summed E-state index contributed by atoms with van der Waals surface area (Å²) in [6.45, 7) is 0.680. The summed E-state index contributed by atoms with van der Waals surface area (Å²) in [4.78, 5) is 24.3. The lowest BCUT2D eigenvalue weighted by atomic mass is 9.52. The second-order valence-electron chi connectivity index (χ2n) is 10.9. The van der Waals surface area contributed by atoms with Gasteiger partial charge in [-0.2, -0.15) is 0 Å². The van der Waals surface area contributed by atoms with E-state index in [2.05, 4.69) is 16.3 Å².